The van der Waals surface area contributed by atoms with E-state index in [-0.39, 0.29) is 17.9 Å². The fraction of sp³-hybridized carbons (Fsp3) is 0.172. The van der Waals surface area contributed by atoms with Gasteiger partial charge in [-0.05, 0) is 59.7 Å². The number of Topliss-reactive ketones (excluding diaryl/α,β-unsaturated/α-hetero) is 1. The molecule has 1 N–H and O–H groups in total. The predicted molar refractivity (Wildman–Crippen MR) is 144 cm³/mol. The molecule has 3 aromatic carbocycles. The monoisotopic (exact) mass is 577 g/mol. The molecule has 9 heteroatoms. The number of nitrogens with zero attached hydrogens (tertiary/aromatic N) is 1. The average molecular weight is 578 g/mol. The van der Waals surface area contributed by atoms with E-state index >= 15 is 0 Å². The quantitative estimate of drug-likeness (QED) is 0.256. The van der Waals surface area contributed by atoms with Crippen LogP contribution in [0.5, 0.6) is 17.2 Å². The molecule has 1 unspecified atom stereocenters. The molecule has 0 spiro atoms. The fourth-order valence-electron chi connectivity index (χ4n) is 4.60. The summed E-state index contributed by atoms with van der Waals surface area (Å²) in [5.41, 5.74) is 1.79. The van der Waals surface area contributed by atoms with Gasteiger partial charge in [-0.2, -0.15) is 0 Å². The van der Waals surface area contributed by atoms with Gasteiger partial charge in [0.15, 0.2) is 23.0 Å². The van der Waals surface area contributed by atoms with Crippen LogP contribution in [0, 0.1) is 0 Å². The number of halogens is 1. The lowest BCUT2D eigenvalue weighted by Gasteiger charge is -2.27. The van der Waals surface area contributed by atoms with Gasteiger partial charge in [-0.15, -0.1) is 0 Å². The van der Waals surface area contributed by atoms with Gasteiger partial charge in [0, 0.05) is 16.4 Å². The Balaban J connectivity index is 1.61. The van der Waals surface area contributed by atoms with Gasteiger partial charge >= 0.3 is 0 Å². The molecule has 5 rings (SSSR count). The third kappa shape index (κ3) is 4.50. The van der Waals surface area contributed by atoms with E-state index in [2.05, 4.69) is 15.9 Å². The molecule has 0 fully saturated rings. The fourth-order valence-corrected chi connectivity index (χ4v) is 4.98. The number of aliphatic hydroxyl groups is 1. The molecule has 38 heavy (non-hydrogen) atoms. The van der Waals surface area contributed by atoms with Crippen molar-refractivity contribution in [3.05, 3.63) is 99.4 Å². The lowest BCUT2D eigenvalue weighted by molar-refractivity contribution is -0.130. The summed E-state index contributed by atoms with van der Waals surface area (Å²) >= 11 is 3.42. The maximum Gasteiger partial charge on any atom is 0.290 e. The normalized spacial score (nSPS) is 15.3. The van der Waals surface area contributed by atoms with Crippen LogP contribution in [0.25, 0.3) is 11.0 Å². The van der Waals surface area contributed by atoms with E-state index in [0.29, 0.717) is 33.8 Å². The van der Waals surface area contributed by atoms with Gasteiger partial charge in [-0.25, -0.2) is 0 Å². The van der Waals surface area contributed by atoms with Gasteiger partial charge in [0.25, 0.3) is 5.91 Å². The van der Waals surface area contributed by atoms with Crippen molar-refractivity contribution < 1.29 is 33.3 Å². The largest absolute Gasteiger partial charge is 0.503 e. The summed E-state index contributed by atoms with van der Waals surface area (Å²) in [6, 6.07) is 18.4. The van der Waals surface area contributed by atoms with Crippen LogP contribution in [0.3, 0.4) is 0 Å². The van der Waals surface area contributed by atoms with Crippen molar-refractivity contribution in [1.82, 2.24) is 4.90 Å². The lowest BCUT2D eigenvalue weighted by atomic mass is 9.94. The van der Waals surface area contributed by atoms with E-state index in [1.165, 1.54) is 19.1 Å². The molecule has 194 valence electrons. The number of methoxy groups -OCH3 is 3. The van der Waals surface area contributed by atoms with Crippen LogP contribution in [0.1, 0.15) is 27.7 Å². The van der Waals surface area contributed by atoms with Gasteiger partial charge in [-0.3, -0.25) is 9.59 Å². The maximum atomic E-state index is 13.8. The number of ketones is 1. The van der Waals surface area contributed by atoms with E-state index in [0.717, 1.165) is 10.0 Å². The smallest absolute Gasteiger partial charge is 0.290 e. The van der Waals surface area contributed by atoms with Crippen molar-refractivity contribution in [1.29, 1.82) is 0 Å². The van der Waals surface area contributed by atoms with Gasteiger partial charge in [-0.1, -0.05) is 34.1 Å². The standard InChI is InChI=1S/C29H24BrNO7/c1-35-20-8-4-16(5-9-20)15-31-26(17-6-10-22(36-2)23(13-17)37-3)25(28(33)29(31)34)27(32)24-14-18-12-19(30)7-11-21(18)38-24/h4-14,26,33H,15H2,1-3H3. The number of ether oxygens (including phenoxy) is 3. The second-order valence-electron chi connectivity index (χ2n) is 8.68. The van der Waals surface area contributed by atoms with Crippen molar-refractivity contribution in [2.24, 2.45) is 0 Å². The van der Waals surface area contributed by atoms with Gasteiger partial charge in [0.2, 0.25) is 5.78 Å². The molecule has 0 saturated carbocycles. The van der Waals surface area contributed by atoms with Crippen LogP contribution < -0.4 is 14.2 Å². The minimum atomic E-state index is -0.906. The van der Waals surface area contributed by atoms with E-state index in [1.807, 2.05) is 18.2 Å². The Morgan fingerprint density at radius 1 is 0.947 bits per heavy atom. The molecule has 1 aliphatic heterocycles. The predicted octanol–water partition coefficient (Wildman–Crippen LogP) is 6.00. The first kappa shape index (κ1) is 25.4. The van der Waals surface area contributed by atoms with Crippen LogP contribution >= 0.6 is 15.9 Å². The van der Waals surface area contributed by atoms with Crippen molar-refractivity contribution in [3.63, 3.8) is 0 Å². The number of furan rings is 1. The zero-order valence-corrected chi connectivity index (χ0v) is 22.4. The third-order valence-electron chi connectivity index (χ3n) is 6.49. The Bertz CT molecular complexity index is 1570. The molecule has 2 heterocycles. The third-order valence-corrected chi connectivity index (χ3v) is 6.98. The number of fused-ring (bicyclic) bond motifs is 1. The maximum absolute atomic E-state index is 13.8. The first-order valence-electron chi connectivity index (χ1n) is 11.7. The molecule has 0 aliphatic carbocycles. The highest BCUT2D eigenvalue weighted by Gasteiger charge is 2.44. The molecule has 1 aromatic heterocycles. The minimum absolute atomic E-state index is 0.0178. The van der Waals surface area contributed by atoms with Crippen LogP contribution in [-0.4, -0.2) is 43.0 Å². The SMILES string of the molecule is COc1ccc(CN2C(=O)C(O)=C(C(=O)c3cc4cc(Br)ccc4o3)C2c2ccc(OC)c(OC)c2)cc1. The Morgan fingerprint density at radius 3 is 2.37 bits per heavy atom. The first-order valence-corrected chi connectivity index (χ1v) is 12.5. The zero-order chi connectivity index (χ0) is 27.0. The number of carbonyl (C=O) groups is 2. The summed E-state index contributed by atoms with van der Waals surface area (Å²) in [6.45, 7) is 0.135. The lowest BCUT2D eigenvalue weighted by Crippen LogP contribution is -2.30. The molecule has 0 bridgehead atoms. The summed E-state index contributed by atoms with van der Waals surface area (Å²) in [7, 11) is 4.60. The highest BCUT2D eigenvalue weighted by molar-refractivity contribution is 9.10. The Kier molecular flexibility index (Phi) is 6.86. The number of rotatable bonds is 8. The van der Waals surface area contributed by atoms with Crippen LogP contribution in [0.2, 0.25) is 0 Å². The summed E-state index contributed by atoms with van der Waals surface area (Å²) in [5.74, 6) is -0.261. The van der Waals surface area contributed by atoms with E-state index in [9.17, 15) is 14.7 Å². The Hall–Kier alpha value is -4.24. The number of hydrogen-bond donors (Lipinski definition) is 1. The number of hydrogen-bond acceptors (Lipinski definition) is 7. The molecule has 1 amide bonds. The van der Waals surface area contributed by atoms with Crippen molar-refractivity contribution in [2.45, 2.75) is 12.6 Å². The van der Waals surface area contributed by atoms with Crippen molar-refractivity contribution in [3.8, 4) is 17.2 Å². The molecule has 0 radical (unpaired) electrons. The van der Waals surface area contributed by atoms with Crippen molar-refractivity contribution >= 4 is 38.6 Å². The molecule has 8 nitrogen and oxygen atoms in total. The van der Waals surface area contributed by atoms with E-state index < -0.39 is 23.5 Å². The Morgan fingerprint density at radius 2 is 1.68 bits per heavy atom. The second-order valence-corrected chi connectivity index (χ2v) is 9.60. The number of benzene rings is 3. The Labute approximate surface area is 227 Å². The molecule has 1 atom stereocenters. The van der Waals surface area contributed by atoms with E-state index in [4.69, 9.17) is 18.6 Å². The first-order chi connectivity index (χ1) is 18.3. The molecule has 0 saturated heterocycles. The molecular formula is C29H24BrNO7. The van der Waals surface area contributed by atoms with Gasteiger partial charge < -0.3 is 28.6 Å². The number of amides is 1. The molecule has 4 aromatic rings. The summed E-state index contributed by atoms with van der Waals surface area (Å²) in [6.07, 6.45) is 0. The minimum Gasteiger partial charge on any atom is -0.503 e. The average Bonchev–Trinajstić information content (AvgIpc) is 3.47. The summed E-state index contributed by atoms with van der Waals surface area (Å²) in [4.78, 5) is 28.7. The van der Waals surface area contributed by atoms with E-state index in [1.54, 1.807) is 55.6 Å². The molecular weight excluding hydrogens is 554 g/mol. The highest BCUT2D eigenvalue weighted by atomic mass is 79.9. The van der Waals surface area contributed by atoms with Gasteiger partial charge in [0.1, 0.15) is 11.3 Å². The number of aliphatic hydroxyl groups excluding tert-OH is 1. The van der Waals surface area contributed by atoms with Crippen molar-refractivity contribution in [2.75, 3.05) is 21.3 Å². The van der Waals surface area contributed by atoms with Crippen LogP contribution in [0.4, 0.5) is 0 Å². The zero-order valence-electron chi connectivity index (χ0n) is 20.9. The van der Waals surface area contributed by atoms with Crippen LogP contribution in [-0.2, 0) is 11.3 Å². The highest BCUT2D eigenvalue weighted by Crippen LogP contribution is 2.43. The van der Waals surface area contributed by atoms with Gasteiger partial charge in [0.05, 0.1) is 32.9 Å². The molecule has 1 aliphatic rings. The second kappa shape index (κ2) is 10.3. The topological polar surface area (TPSA) is 98.4 Å². The number of carbonyl (C=O) groups excluding carboxylic acids is 2. The summed E-state index contributed by atoms with van der Waals surface area (Å²) < 4.78 is 22.7. The van der Waals surface area contributed by atoms with Crippen LogP contribution in [0.15, 0.2) is 87.0 Å². The summed E-state index contributed by atoms with van der Waals surface area (Å²) in [5, 5.41) is 11.8.